The van der Waals surface area contributed by atoms with Crippen molar-refractivity contribution in [2.45, 2.75) is 26.0 Å². The van der Waals surface area contributed by atoms with Gasteiger partial charge in [0.2, 0.25) is 0 Å². The van der Waals surface area contributed by atoms with E-state index < -0.39 is 0 Å². The van der Waals surface area contributed by atoms with Crippen molar-refractivity contribution in [3.63, 3.8) is 0 Å². The highest BCUT2D eigenvalue weighted by molar-refractivity contribution is 5.11. The van der Waals surface area contributed by atoms with Gasteiger partial charge in [-0.3, -0.25) is 4.68 Å². The third kappa shape index (κ3) is 1.67. The van der Waals surface area contributed by atoms with Crippen LogP contribution in [0.3, 0.4) is 0 Å². The van der Waals surface area contributed by atoms with Crippen LogP contribution in [0.4, 0.5) is 0 Å². The van der Waals surface area contributed by atoms with Gasteiger partial charge in [-0.2, -0.15) is 5.10 Å². The van der Waals surface area contributed by atoms with E-state index in [1.807, 2.05) is 10.9 Å². The maximum absolute atomic E-state index is 5.69. The summed E-state index contributed by atoms with van der Waals surface area (Å²) in [4.78, 5) is 0. The third-order valence-corrected chi connectivity index (χ3v) is 2.82. The highest BCUT2D eigenvalue weighted by Gasteiger charge is 2.29. The molecule has 14 heavy (non-hydrogen) atoms. The van der Waals surface area contributed by atoms with Crippen LogP contribution >= 0.6 is 0 Å². The van der Waals surface area contributed by atoms with Crippen LogP contribution in [0.2, 0.25) is 0 Å². The normalized spacial score (nSPS) is 27.0. The van der Waals surface area contributed by atoms with Crippen LogP contribution in [0.5, 0.6) is 0 Å². The van der Waals surface area contributed by atoms with E-state index in [2.05, 4.69) is 18.2 Å². The molecule has 2 atom stereocenters. The Balaban J connectivity index is 2.13. The minimum atomic E-state index is 0.167. The lowest BCUT2D eigenvalue weighted by Gasteiger charge is -2.14. The van der Waals surface area contributed by atoms with Gasteiger partial charge in [0.15, 0.2) is 0 Å². The number of ether oxygens (including phenoxy) is 1. The fourth-order valence-electron chi connectivity index (χ4n) is 1.94. The van der Waals surface area contributed by atoms with Crippen molar-refractivity contribution in [3.8, 4) is 0 Å². The first kappa shape index (κ1) is 9.68. The molecule has 0 radical (unpaired) electrons. The second-order valence-corrected chi connectivity index (χ2v) is 3.71. The van der Waals surface area contributed by atoms with E-state index in [9.17, 15) is 0 Å². The SMILES string of the molecule is CCn1cc([C@H]2OCC[C@@H]2CN)cn1. The topological polar surface area (TPSA) is 53.1 Å². The summed E-state index contributed by atoms with van der Waals surface area (Å²) in [6, 6.07) is 0. The highest BCUT2D eigenvalue weighted by atomic mass is 16.5. The Hall–Kier alpha value is -0.870. The number of nitrogens with zero attached hydrogens (tertiary/aromatic N) is 2. The molecule has 0 aliphatic carbocycles. The first-order valence-corrected chi connectivity index (χ1v) is 5.19. The smallest absolute Gasteiger partial charge is 0.0896 e. The average Bonchev–Trinajstić information content (AvgIpc) is 2.85. The molecule has 78 valence electrons. The summed E-state index contributed by atoms with van der Waals surface area (Å²) in [5, 5.41) is 4.24. The molecule has 0 aromatic carbocycles. The van der Waals surface area contributed by atoms with Crippen molar-refractivity contribution < 1.29 is 4.74 Å². The summed E-state index contributed by atoms with van der Waals surface area (Å²) < 4.78 is 7.59. The summed E-state index contributed by atoms with van der Waals surface area (Å²) in [6.07, 6.45) is 5.18. The van der Waals surface area contributed by atoms with Crippen molar-refractivity contribution in [2.24, 2.45) is 11.7 Å². The van der Waals surface area contributed by atoms with Gasteiger partial charge in [-0.25, -0.2) is 0 Å². The zero-order chi connectivity index (χ0) is 9.97. The first-order chi connectivity index (χ1) is 6.85. The zero-order valence-corrected chi connectivity index (χ0v) is 8.52. The van der Waals surface area contributed by atoms with E-state index in [-0.39, 0.29) is 6.10 Å². The third-order valence-electron chi connectivity index (χ3n) is 2.82. The molecule has 1 aliphatic rings. The van der Waals surface area contributed by atoms with Crippen molar-refractivity contribution >= 4 is 0 Å². The number of rotatable bonds is 3. The van der Waals surface area contributed by atoms with Crippen molar-refractivity contribution in [1.29, 1.82) is 0 Å². The Bertz CT molecular complexity index is 297. The van der Waals surface area contributed by atoms with Gasteiger partial charge in [-0.15, -0.1) is 0 Å². The minimum absolute atomic E-state index is 0.167. The largest absolute Gasteiger partial charge is 0.373 e. The summed E-state index contributed by atoms with van der Waals surface area (Å²) >= 11 is 0. The first-order valence-electron chi connectivity index (χ1n) is 5.19. The lowest BCUT2D eigenvalue weighted by Crippen LogP contribution is -2.17. The molecular formula is C10H17N3O. The monoisotopic (exact) mass is 195 g/mol. The molecule has 1 aromatic rings. The van der Waals surface area contributed by atoms with Crippen molar-refractivity contribution in [1.82, 2.24) is 9.78 Å². The molecule has 0 bridgehead atoms. The molecule has 1 aromatic heterocycles. The fourth-order valence-corrected chi connectivity index (χ4v) is 1.94. The number of nitrogens with two attached hydrogens (primary N) is 1. The van der Waals surface area contributed by atoms with Gasteiger partial charge in [-0.05, 0) is 19.9 Å². The quantitative estimate of drug-likeness (QED) is 0.781. The lowest BCUT2D eigenvalue weighted by atomic mass is 9.98. The van der Waals surface area contributed by atoms with Gasteiger partial charge in [0.1, 0.15) is 0 Å². The highest BCUT2D eigenvalue weighted by Crippen LogP contribution is 2.33. The number of hydrogen-bond donors (Lipinski definition) is 1. The summed E-state index contributed by atoms with van der Waals surface area (Å²) in [5.74, 6) is 0.463. The van der Waals surface area contributed by atoms with Crippen LogP contribution in [0.25, 0.3) is 0 Å². The maximum Gasteiger partial charge on any atom is 0.0896 e. The molecule has 1 aliphatic heterocycles. The Kier molecular flexibility index (Phi) is 2.84. The van der Waals surface area contributed by atoms with Crippen LogP contribution in [0, 0.1) is 5.92 Å². The van der Waals surface area contributed by atoms with Gasteiger partial charge in [-0.1, -0.05) is 0 Å². The van der Waals surface area contributed by atoms with Crippen molar-refractivity contribution in [2.75, 3.05) is 13.2 Å². The van der Waals surface area contributed by atoms with Crippen LogP contribution in [-0.4, -0.2) is 22.9 Å². The summed E-state index contributed by atoms with van der Waals surface area (Å²) in [7, 11) is 0. The molecule has 2 N–H and O–H groups in total. The number of aryl methyl sites for hydroxylation is 1. The van der Waals surface area contributed by atoms with Crippen molar-refractivity contribution in [3.05, 3.63) is 18.0 Å². The van der Waals surface area contributed by atoms with Gasteiger partial charge in [0.05, 0.1) is 12.3 Å². The van der Waals surface area contributed by atoms with E-state index >= 15 is 0 Å². The van der Waals surface area contributed by atoms with Gasteiger partial charge in [0.25, 0.3) is 0 Å². The van der Waals surface area contributed by atoms with Crippen LogP contribution in [0.15, 0.2) is 12.4 Å². The maximum atomic E-state index is 5.69. The fraction of sp³-hybridized carbons (Fsp3) is 0.700. The summed E-state index contributed by atoms with van der Waals surface area (Å²) in [5.41, 5.74) is 6.86. The van der Waals surface area contributed by atoms with Gasteiger partial charge >= 0.3 is 0 Å². The Morgan fingerprint density at radius 3 is 3.21 bits per heavy atom. The molecule has 1 saturated heterocycles. The standard InChI is InChI=1S/C10H17N3O/c1-2-13-7-9(6-12-13)10-8(5-11)3-4-14-10/h6-8,10H,2-5,11H2,1H3/t8-,10+/m1/s1. The Labute approximate surface area is 84.0 Å². The minimum Gasteiger partial charge on any atom is -0.373 e. The lowest BCUT2D eigenvalue weighted by molar-refractivity contribution is 0.0924. The molecule has 1 fully saturated rings. The average molecular weight is 195 g/mol. The molecule has 4 heteroatoms. The summed E-state index contributed by atoms with van der Waals surface area (Å²) in [6.45, 7) is 4.50. The van der Waals surface area contributed by atoms with Gasteiger partial charge < -0.3 is 10.5 Å². The number of hydrogen-bond acceptors (Lipinski definition) is 3. The predicted molar refractivity (Wildman–Crippen MR) is 53.8 cm³/mol. The molecule has 0 unspecified atom stereocenters. The second-order valence-electron chi connectivity index (χ2n) is 3.71. The Morgan fingerprint density at radius 2 is 2.57 bits per heavy atom. The van der Waals surface area contributed by atoms with Gasteiger partial charge in [0, 0.05) is 30.8 Å². The zero-order valence-electron chi connectivity index (χ0n) is 8.52. The molecule has 0 amide bonds. The predicted octanol–water partition coefficient (Wildman–Crippen LogP) is 0.939. The van der Waals surface area contributed by atoms with E-state index in [4.69, 9.17) is 10.5 Å². The molecule has 0 saturated carbocycles. The van der Waals surface area contributed by atoms with E-state index in [0.717, 1.165) is 19.6 Å². The molecule has 2 rings (SSSR count). The molecule has 0 spiro atoms. The molecule has 2 heterocycles. The van der Waals surface area contributed by atoms with E-state index in [1.165, 1.54) is 5.56 Å². The van der Waals surface area contributed by atoms with E-state index in [1.54, 1.807) is 0 Å². The van der Waals surface area contributed by atoms with E-state index in [0.29, 0.717) is 12.5 Å². The van der Waals surface area contributed by atoms with Crippen LogP contribution in [0.1, 0.15) is 25.0 Å². The second kappa shape index (κ2) is 4.11. The molecular weight excluding hydrogens is 178 g/mol. The number of aromatic nitrogens is 2. The van der Waals surface area contributed by atoms with Crippen LogP contribution in [-0.2, 0) is 11.3 Å². The molecule has 4 nitrogen and oxygen atoms in total. The Morgan fingerprint density at radius 1 is 1.71 bits per heavy atom. The van der Waals surface area contributed by atoms with Crippen LogP contribution < -0.4 is 5.73 Å².